The lowest BCUT2D eigenvalue weighted by Crippen LogP contribution is -2.13. The van der Waals surface area contributed by atoms with Gasteiger partial charge in [-0.15, -0.1) is 0 Å². The lowest BCUT2D eigenvalue weighted by Gasteiger charge is -2.20. The highest BCUT2D eigenvalue weighted by atomic mass is 35.5. The first kappa shape index (κ1) is 13.8. The van der Waals surface area contributed by atoms with Crippen molar-refractivity contribution in [1.82, 2.24) is 0 Å². The van der Waals surface area contributed by atoms with Gasteiger partial charge in [0.25, 0.3) is 0 Å². The molecule has 1 aromatic rings. The molecule has 1 nitrogen and oxygen atoms in total. The van der Waals surface area contributed by atoms with Gasteiger partial charge in [0.2, 0.25) is 0 Å². The van der Waals surface area contributed by atoms with E-state index in [0.717, 1.165) is 5.56 Å². The van der Waals surface area contributed by atoms with Gasteiger partial charge in [0.05, 0.1) is 0 Å². The second kappa shape index (κ2) is 4.95. The maximum absolute atomic E-state index is 11.5. The molecule has 0 unspecified atom stereocenters. The molecule has 0 saturated carbocycles. The number of carbonyl (C=O) groups is 1. The van der Waals surface area contributed by atoms with Crippen molar-refractivity contribution < 1.29 is 4.79 Å². The van der Waals surface area contributed by atoms with Gasteiger partial charge in [-0.05, 0) is 17.0 Å². The number of halogens is 3. The third-order valence-electron chi connectivity index (χ3n) is 2.26. The maximum Gasteiger partial charge on any atom is 0.195 e. The van der Waals surface area contributed by atoms with E-state index >= 15 is 0 Å². The molecule has 0 aliphatic heterocycles. The quantitative estimate of drug-likeness (QED) is 0.570. The van der Waals surface area contributed by atoms with Crippen molar-refractivity contribution in [2.75, 3.05) is 0 Å². The molecule has 0 bridgehead atoms. The van der Waals surface area contributed by atoms with Crippen LogP contribution in [0.5, 0.6) is 0 Å². The maximum atomic E-state index is 11.5. The number of hydrogen-bond acceptors (Lipinski definition) is 1. The SMILES string of the molecule is CC(C)(C)c1ccc(C(=O)C(Cl)Cl)cc1Cl. The number of ketones is 1. The van der Waals surface area contributed by atoms with Crippen LogP contribution in [0.3, 0.4) is 0 Å². The van der Waals surface area contributed by atoms with Crippen LogP contribution in [0, 0.1) is 0 Å². The number of hydrogen-bond donors (Lipinski definition) is 0. The van der Waals surface area contributed by atoms with Crippen molar-refractivity contribution >= 4 is 40.6 Å². The molecule has 1 rings (SSSR count). The summed E-state index contributed by atoms with van der Waals surface area (Å²) in [5.41, 5.74) is 1.37. The van der Waals surface area contributed by atoms with Gasteiger partial charge in [0.15, 0.2) is 10.6 Å². The van der Waals surface area contributed by atoms with E-state index in [9.17, 15) is 4.79 Å². The zero-order valence-electron chi connectivity index (χ0n) is 9.35. The van der Waals surface area contributed by atoms with Crippen LogP contribution in [-0.2, 0) is 5.41 Å². The molecule has 0 aliphatic rings. The van der Waals surface area contributed by atoms with Crippen LogP contribution < -0.4 is 0 Å². The Hall–Kier alpha value is -0.240. The monoisotopic (exact) mass is 278 g/mol. The summed E-state index contributed by atoms with van der Waals surface area (Å²) in [5.74, 6) is -0.328. The lowest BCUT2D eigenvalue weighted by atomic mass is 9.86. The minimum Gasteiger partial charge on any atom is -0.291 e. The van der Waals surface area contributed by atoms with Gasteiger partial charge < -0.3 is 0 Å². The van der Waals surface area contributed by atoms with Crippen molar-refractivity contribution in [2.24, 2.45) is 0 Å². The fourth-order valence-corrected chi connectivity index (χ4v) is 2.12. The molecule has 0 N–H and O–H groups in total. The van der Waals surface area contributed by atoms with Crippen molar-refractivity contribution in [2.45, 2.75) is 31.0 Å². The average molecular weight is 280 g/mol. The first-order valence-electron chi connectivity index (χ1n) is 4.86. The number of rotatable bonds is 2. The van der Waals surface area contributed by atoms with E-state index in [0.29, 0.717) is 10.6 Å². The summed E-state index contributed by atoms with van der Waals surface area (Å²) < 4.78 is 0. The highest BCUT2D eigenvalue weighted by Gasteiger charge is 2.20. The van der Waals surface area contributed by atoms with Crippen molar-refractivity contribution in [3.8, 4) is 0 Å². The van der Waals surface area contributed by atoms with Gasteiger partial charge in [-0.25, -0.2) is 0 Å². The topological polar surface area (TPSA) is 17.1 Å². The second-order valence-corrected chi connectivity index (χ2v) is 6.11. The minimum atomic E-state index is -1.04. The van der Waals surface area contributed by atoms with Crippen LogP contribution in [0.1, 0.15) is 36.7 Å². The largest absolute Gasteiger partial charge is 0.291 e. The molecule has 0 spiro atoms. The lowest BCUT2D eigenvalue weighted by molar-refractivity contribution is 0.101. The van der Waals surface area contributed by atoms with E-state index < -0.39 is 4.84 Å². The Balaban J connectivity index is 3.15. The zero-order valence-corrected chi connectivity index (χ0v) is 11.6. The summed E-state index contributed by atoms with van der Waals surface area (Å²) >= 11 is 17.2. The molecule has 0 saturated heterocycles. The zero-order chi connectivity index (χ0) is 12.5. The van der Waals surface area contributed by atoms with Crippen LogP contribution >= 0.6 is 34.8 Å². The third-order valence-corrected chi connectivity index (χ3v) is 2.97. The Labute approximate surface area is 111 Å². The van der Waals surface area contributed by atoms with Crippen molar-refractivity contribution in [3.63, 3.8) is 0 Å². The Morgan fingerprint density at radius 1 is 1.25 bits per heavy atom. The third kappa shape index (κ3) is 3.13. The molecule has 16 heavy (non-hydrogen) atoms. The molecule has 0 aliphatic carbocycles. The predicted molar refractivity (Wildman–Crippen MR) is 70.0 cm³/mol. The summed E-state index contributed by atoms with van der Waals surface area (Å²) in [6.07, 6.45) is 0. The van der Waals surface area contributed by atoms with Crippen LogP contribution in [0.25, 0.3) is 0 Å². The Morgan fingerprint density at radius 2 is 1.81 bits per heavy atom. The van der Waals surface area contributed by atoms with E-state index in [2.05, 4.69) is 20.8 Å². The second-order valence-electron chi connectivity index (χ2n) is 4.61. The first-order chi connectivity index (χ1) is 7.23. The molecule has 0 radical (unpaired) electrons. The van der Waals surface area contributed by atoms with Crippen molar-refractivity contribution in [3.05, 3.63) is 34.3 Å². The van der Waals surface area contributed by atoms with Gasteiger partial charge in [-0.3, -0.25) is 4.79 Å². The van der Waals surface area contributed by atoms with Crippen LogP contribution in [0.2, 0.25) is 5.02 Å². The molecular formula is C12H13Cl3O. The fraction of sp³-hybridized carbons (Fsp3) is 0.417. The minimum absolute atomic E-state index is 0.0556. The highest BCUT2D eigenvalue weighted by molar-refractivity contribution is 6.55. The average Bonchev–Trinajstić information content (AvgIpc) is 2.14. The van der Waals surface area contributed by atoms with Gasteiger partial charge >= 0.3 is 0 Å². The summed E-state index contributed by atoms with van der Waals surface area (Å²) in [6.45, 7) is 6.17. The summed E-state index contributed by atoms with van der Waals surface area (Å²) in [7, 11) is 0. The summed E-state index contributed by atoms with van der Waals surface area (Å²) in [4.78, 5) is 10.5. The summed E-state index contributed by atoms with van der Waals surface area (Å²) in [6, 6.07) is 5.15. The highest BCUT2D eigenvalue weighted by Crippen LogP contribution is 2.30. The van der Waals surface area contributed by atoms with Crippen LogP contribution in [0.15, 0.2) is 18.2 Å². The predicted octanol–water partition coefficient (Wildman–Crippen LogP) is 4.62. The molecule has 0 amide bonds. The number of Topliss-reactive ketones (excluding diaryl/α,β-unsaturated/α-hetero) is 1. The molecule has 0 heterocycles. The Kier molecular flexibility index (Phi) is 4.28. The molecular weight excluding hydrogens is 266 g/mol. The molecule has 0 aromatic heterocycles. The van der Waals surface area contributed by atoms with E-state index in [1.165, 1.54) is 0 Å². The summed E-state index contributed by atoms with van der Waals surface area (Å²) in [5, 5.41) is 0.562. The first-order valence-corrected chi connectivity index (χ1v) is 6.11. The molecule has 0 fully saturated rings. The van der Waals surface area contributed by atoms with E-state index in [4.69, 9.17) is 34.8 Å². The number of benzene rings is 1. The Bertz CT molecular complexity index is 405. The fourth-order valence-electron chi connectivity index (χ4n) is 1.40. The molecule has 4 heteroatoms. The van der Waals surface area contributed by atoms with E-state index in [1.807, 2.05) is 6.07 Å². The molecule has 1 aromatic carbocycles. The molecule has 0 atom stereocenters. The van der Waals surface area contributed by atoms with Gasteiger partial charge in [-0.2, -0.15) is 0 Å². The number of carbonyl (C=O) groups excluding carboxylic acids is 1. The van der Waals surface area contributed by atoms with Gasteiger partial charge in [0.1, 0.15) is 0 Å². The van der Waals surface area contributed by atoms with E-state index in [-0.39, 0.29) is 11.2 Å². The molecule has 88 valence electrons. The smallest absolute Gasteiger partial charge is 0.195 e. The van der Waals surface area contributed by atoms with Crippen LogP contribution in [-0.4, -0.2) is 10.6 Å². The van der Waals surface area contributed by atoms with E-state index in [1.54, 1.807) is 12.1 Å². The van der Waals surface area contributed by atoms with Crippen molar-refractivity contribution in [1.29, 1.82) is 0 Å². The number of alkyl halides is 2. The van der Waals surface area contributed by atoms with Crippen LogP contribution in [0.4, 0.5) is 0 Å². The van der Waals surface area contributed by atoms with Gasteiger partial charge in [0, 0.05) is 10.6 Å². The Morgan fingerprint density at radius 3 is 2.19 bits per heavy atom. The normalized spacial score (nSPS) is 11.9. The standard InChI is InChI=1S/C12H13Cl3O/c1-12(2,3)8-5-4-7(6-9(8)13)10(16)11(14)15/h4-6,11H,1-3H3. The van der Waals surface area contributed by atoms with Gasteiger partial charge in [-0.1, -0.05) is 67.7 Å².